The van der Waals surface area contributed by atoms with Crippen molar-refractivity contribution in [3.8, 4) is 0 Å². The van der Waals surface area contributed by atoms with Gasteiger partial charge in [0.05, 0.1) is 5.60 Å². The van der Waals surface area contributed by atoms with E-state index in [2.05, 4.69) is 6.92 Å². The SMILES string of the molecule is CC1CCCC(CN)(C(C)(O)Cc2cccc(F)c2)C1. The van der Waals surface area contributed by atoms with Crippen LogP contribution in [0, 0.1) is 17.2 Å². The predicted octanol–water partition coefficient (Wildman–Crippen LogP) is 3.27. The van der Waals surface area contributed by atoms with E-state index in [9.17, 15) is 9.50 Å². The van der Waals surface area contributed by atoms with Crippen LogP contribution in [0.4, 0.5) is 4.39 Å². The van der Waals surface area contributed by atoms with Gasteiger partial charge in [0.25, 0.3) is 0 Å². The standard InChI is InChI=1S/C17H26FNO/c1-13-5-4-8-17(10-13,12-19)16(2,20)11-14-6-3-7-15(18)9-14/h3,6-7,9,13,20H,4-5,8,10-12,19H2,1-2H3. The van der Waals surface area contributed by atoms with Crippen molar-refractivity contribution in [2.24, 2.45) is 17.1 Å². The fraction of sp³-hybridized carbons (Fsp3) is 0.647. The van der Waals surface area contributed by atoms with Gasteiger partial charge in [-0.3, -0.25) is 0 Å². The molecule has 0 saturated heterocycles. The highest BCUT2D eigenvalue weighted by Gasteiger charge is 2.47. The van der Waals surface area contributed by atoms with Crippen LogP contribution in [0.15, 0.2) is 24.3 Å². The lowest BCUT2D eigenvalue weighted by atomic mass is 9.60. The number of benzene rings is 1. The highest BCUT2D eigenvalue weighted by atomic mass is 19.1. The predicted molar refractivity (Wildman–Crippen MR) is 79.8 cm³/mol. The fourth-order valence-corrected chi connectivity index (χ4v) is 3.79. The summed E-state index contributed by atoms with van der Waals surface area (Å²) in [7, 11) is 0. The zero-order chi connectivity index (χ0) is 14.8. The largest absolute Gasteiger partial charge is 0.389 e. The van der Waals surface area contributed by atoms with Crippen LogP contribution < -0.4 is 5.73 Å². The fourth-order valence-electron chi connectivity index (χ4n) is 3.79. The molecule has 20 heavy (non-hydrogen) atoms. The maximum Gasteiger partial charge on any atom is 0.123 e. The number of hydrogen-bond acceptors (Lipinski definition) is 2. The molecule has 112 valence electrons. The quantitative estimate of drug-likeness (QED) is 0.888. The molecule has 0 heterocycles. The summed E-state index contributed by atoms with van der Waals surface area (Å²) in [6.45, 7) is 4.57. The van der Waals surface area contributed by atoms with Crippen LogP contribution in [-0.4, -0.2) is 17.3 Å². The van der Waals surface area contributed by atoms with E-state index in [0.717, 1.165) is 24.8 Å². The Kier molecular flexibility index (Phi) is 4.50. The molecule has 3 N–H and O–H groups in total. The van der Waals surface area contributed by atoms with Crippen molar-refractivity contribution in [2.45, 2.75) is 51.6 Å². The van der Waals surface area contributed by atoms with Crippen molar-refractivity contribution in [3.05, 3.63) is 35.6 Å². The molecule has 3 unspecified atom stereocenters. The van der Waals surface area contributed by atoms with Gasteiger partial charge in [-0.1, -0.05) is 31.9 Å². The second kappa shape index (κ2) is 5.82. The summed E-state index contributed by atoms with van der Waals surface area (Å²) in [6, 6.07) is 6.50. The number of halogens is 1. The average molecular weight is 279 g/mol. The van der Waals surface area contributed by atoms with Gasteiger partial charge in [-0.2, -0.15) is 0 Å². The molecular formula is C17H26FNO. The molecule has 2 nitrogen and oxygen atoms in total. The summed E-state index contributed by atoms with van der Waals surface area (Å²) in [5, 5.41) is 11.0. The van der Waals surface area contributed by atoms with Gasteiger partial charge in [0, 0.05) is 18.4 Å². The number of aliphatic hydroxyl groups is 1. The number of hydrogen-bond donors (Lipinski definition) is 2. The topological polar surface area (TPSA) is 46.2 Å². The normalized spacial score (nSPS) is 29.9. The molecule has 0 bridgehead atoms. The molecule has 3 heteroatoms. The van der Waals surface area contributed by atoms with E-state index in [-0.39, 0.29) is 11.2 Å². The first-order valence-corrected chi connectivity index (χ1v) is 7.55. The van der Waals surface area contributed by atoms with Gasteiger partial charge in [0.15, 0.2) is 0 Å². The first-order chi connectivity index (χ1) is 9.38. The Balaban J connectivity index is 2.22. The molecule has 0 spiro atoms. The van der Waals surface area contributed by atoms with Crippen LogP contribution in [0.3, 0.4) is 0 Å². The highest BCUT2D eigenvalue weighted by molar-refractivity contribution is 5.20. The zero-order valence-electron chi connectivity index (χ0n) is 12.5. The summed E-state index contributed by atoms with van der Waals surface area (Å²) in [6.07, 6.45) is 4.67. The first-order valence-electron chi connectivity index (χ1n) is 7.55. The molecule has 1 aromatic carbocycles. The van der Waals surface area contributed by atoms with E-state index < -0.39 is 5.60 Å². The van der Waals surface area contributed by atoms with Gasteiger partial charge in [-0.15, -0.1) is 0 Å². The lowest BCUT2D eigenvalue weighted by Crippen LogP contribution is -2.54. The molecule has 1 aliphatic rings. The van der Waals surface area contributed by atoms with Gasteiger partial charge in [0.2, 0.25) is 0 Å². The Morgan fingerprint density at radius 3 is 2.85 bits per heavy atom. The van der Waals surface area contributed by atoms with E-state index in [0.29, 0.717) is 18.9 Å². The lowest BCUT2D eigenvalue weighted by Gasteiger charge is -2.49. The van der Waals surface area contributed by atoms with Gasteiger partial charge >= 0.3 is 0 Å². The molecule has 1 aromatic rings. The second-order valence-electron chi connectivity index (χ2n) is 6.77. The van der Waals surface area contributed by atoms with Crippen molar-refractivity contribution in [3.63, 3.8) is 0 Å². The minimum Gasteiger partial charge on any atom is -0.389 e. The molecule has 0 radical (unpaired) electrons. The van der Waals surface area contributed by atoms with E-state index >= 15 is 0 Å². The molecular weight excluding hydrogens is 253 g/mol. The Morgan fingerprint density at radius 1 is 1.50 bits per heavy atom. The minimum atomic E-state index is -0.899. The summed E-state index contributed by atoms with van der Waals surface area (Å²) in [4.78, 5) is 0. The maximum absolute atomic E-state index is 13.3. The maximum atomic E-state index is 13.3. The van der Waals surface area contributed by atoms with Gasteiger partial charge in [0.1, 0.15) is 5.82 Å². The Hall–Kier alpha value is -0.930. The summed E-state index contributed by atoms with van der Waals surface area (Å²) in [5.74, 6) is 0.336. The van der Waals surface area contributed by atoms with Crippen LogP contribution in [0.2, 0.25) is 0 Å². The molecule has 1 fully saturated rings. The van der Waals surface area contributed by atoms with Crippen molar-refractivity contribution >= 4 is 0 Å². The third-order valence-electron chi connectivity index (χ3n) is 5.06. The Morgan fingerprint density at radius 2 is 2.25 bits per heavy atom. The smallest absolute Gasteiger partial charge is 0.123 e. The first kappa shape index (κ1) is 15.5. The molecule has 0 aliphatic heterocycles. The molecule has 0 aromatic heterocycles. The minimum absolute atomic E-state index is 0.253. The van der Waals surface area contributed by atoms with E-state index in [1.807, 2.05) is 13.0 Å². The van der Waals surface area contributed by atoms with Crippen LogP contribution in [0.25, 0.3) is 0 Å². The zero-order valence-corrected chi connectivity index (χ0v) is 12.5. The summed E-state index contributed by atoms with van der Waals surface area (Å²) in [5.41, 5.74) is 5.72. The van der Waals surface area contributed by atoms with E-state index in [4.69, 9.17) is 5.73 Å². The Bertz CT molecular complexity index is 460. The van der Waals surface area contributed by atoms with Crippen LogP contribution >= 0.6 is 0 Å². The van der Waals surface area contributed by atoms with E-state index in [1.165, 1.54) is 18.6 Å². The van der Waals surface area contributed by atoms with Crippen LogP contribution in [0.1, 0.15) is 45.1 Å². The van der Waals surface area contributed by atoms with Crippen molar-refractivity contribution in [2.75, 3.05) is 6.54 Å². The van der Waals surface area contributed by atoms with Gasteiger partial charge < -0.3 is 10.8 Å². The monoisotopic (exact) mass is 279 g/mol. The van der Waals surface area contributed by atoms with E-state index in [1.54, 1.807) is 6.07 Å². The molecule has 1 saturated carbocycles. The average Bonchev–Trinajstić information content (AvgIpc) is 2.37. The second-order valence-corrected chi connectivity index (χ2v) is 6.77. The third kappa shape index (κ3) is 3.04. The summed E-state index contributed by atoms with van der Waals surface area (Å²) < 4.78 is 13.3. The van der Waals surface area contributed by atoms with Crippen molar-refractivity contribution < 1.29 is 9.50 Å². The molecule has 2 rings (SSSR count). The molecule has 0 amide bonds. The van der Waals surface area contributed by atoms with Gasteiger partial charge in [-0.25, -0.2) is 4.39 Å². The molecule has 1 aliphatic carbocycles. The van der Waals surface area contributed by atoms with Crippen LogP contribution in [0.5, 0.6) is 0 Å². The summed E-state index contributed by atoms with van der Waals surface area (Å²) >= 11 is 0. The number of rotatable bonds is 4. The third-order valence-corrected chi connectivity index (χ3v) is 5.06. The Labute approximate surface area is 121 Å². The van der Waals surface area contributed by atoms with Crippen molar-refractivity contribution in [1.82, 2.24) is 0 Å². The number of nitrogens with two attached hydrogens (primary N) is 1. The highest BCUT2D eigenvalue weighted by Crippen LogP contribution is 2.47. The lowest BCUT2D eigenvalue weighted by molar-refractivity contribution is -0.0936. The van der Waals surface area contributed by atoms with Crippen molar-refractivity contribution in [1.29, 1.82) is 0 Å². The van der Waals surface area contributed by atoms with Gasteiger partial charge in [-0.05, 0) is 43.4 Å². The van der Waals surface area contributed by atoms with Crippen LogP contribution in [-0.2, 0) is 6.42 Å². The molecule has 3 atom stereocenters.